The van der Waals surface area contributed by atoms with Gasteiger partial charge in [-0.15, -0.1) is 0 Å². The molecule has 0 N–H and O–H groups in total. The average Bonchev–Trinajstić information content (AvgIpc) is 3.14. The van der Waals surface area contributed by atoms with E-state index in [0.717, 1.165) is 0 Å². The van der Waals surface area contributed by atoms with Crippen molar-refractivity contribution in [2.45, 2.75) is 31.1 Å². The van der Waals surface area contributed by atoms with Crippen LogP contribution in [0, 0.1) is 6.92 Å². The molecular weight excluding hydrogens is 280 g/mol. The van der Waals surface area contributed by atoms with Crippen LogP contribution in [0.2, 0.25) is 18.6 Å². The Balaban J connectivity index is 1.96. The highest BCUT2D eigenvalue weighted by Crippen LogP contribution is 2.53. The number of hydrogen-bond donors (Lipinski definition) is 0. The lowest BCUT2D eigenvalue weighted by molar-refractivity contribution is 1.06. The molecule has 0 fully saturated rings. The maximum Gasteiger partial charge on any atom is 0.0715 e. The molecule has 0 aliphatic heterocycles. The second-order valence-electron chi connectivity index (χ2n) is 7.18. The molecule has 2 aromatic rings. The third kappa shape index (κ3) is 1.82. The van der Waals surface area contributed by atoms with Crippen molar-refractivity contribution in [1.82, 2.24) is 0 Å². The molecule has 0 saturated carbocycles. The molecule has 22 heavy (non-hydrogen) atoms. The van der Waals surface area contributed by atoms with Crippen LogP contribution >= 0.6 is 0 Å². The molecule has 110 valence electrons. The van der Waals surface area contributed by atoms with Crippen LogP contribution in [0.1, 0.15) is 22.2 Å². The second kappa shape index (κ2) is 4.82. The summed E-state index contributed by atoms with van der Waals surface area (Å²) in [6.07, 6.45) is 9.25. The van der Waals surface area contributed by atoms with Gasteiger partial charge in [0.25, 0.3) is 0 Å². The summed E-state index contributed by atoms with van der Waals surface area (Å²) in [5.41, 5.74) is 8.72. The fraction of sp³-hybridized carbons (Fsp3) is 0.238. The fourth-order valence-electron chi connectivity index (χ4n) is 4.36. The quantitative estimate of drug-likeness (QED) is 0.610. The summed E-state index contributed by atoms with van der Waals surface area (Å²) < 4.78 is 0. The summed E-state index contributed by atoms with van der Waals surface area (Å²) in [5, 5.41) is 0. The Kier molecular flexibility index (Phi) is 3.02. The predicted molar refractivity (Wildman–Crippen MR) is 98.0 cm³/mol. The summed E-state index contributed by atoms with van der Waals surface area (Å²) in [6.45, 7) is 7.36. The van der Waals surface area contributed by atoms with Gasteiger partial charge in [-0.05, 0) is 40.3 Å². The van der Waals surface area contributed by atoms with Crippen LogP contribution in [-0.2, 0) is 0 Å². The van der Waals surface area contributed by atoms with Gasteiger partial charge in [0.05, 0.1) is 8.07 Å². The van der Waals surface area contributed by atoms with Crippen molar-refractivity contribution in [3.63, 3.8) is 0 Å². The lowest BCUT2D eigenvalue weighted by atomic mass is 10.0. The molecule has 2 aromatic carbocycles. The van der Waals surface area contributed by atoms with Crippen molar-refractivity contribution < 1.29 is 0 Å². The number of hydrogen-bond acceptors (Lipinski definition) is 0. The van der Waals surface area contributed by atoms with Gasteiger partial charge in [-0.2, -0.15) is 0 Å². The molecule has 4 rings (SSSR count). The maximum atomic E-state index is 2.55. The zero-order chi connectivity index (χ0) is 15.3. The van der Waals surface area contributed by atoms with Gasteiger partial charge in [0.1, 0.15) is 0 Å². The van der Waals surface area contributed by atoms with Gasteiger partial charge in [-0.1, -0.05) is 79.9 Å². The largest absolute Gasteiger partial charge is 0.0803 e. The standard InChI is InChI=1S/C21H22Si/c1-15-9-8-14-19-20(15)17-12-6-7-13-18(17)21(19)22(2,3)16-10-4-5-11-16/h4-14,16,21H,1-3H3. The number of allylic oxidation sites excluding steroid dienone is 4. The molecule has 0 heterocycles. The summed E-state index contributed by atoms with van der Waals surface area (Å²) >= 11 is 0. The molecule has 1 unspecified atom stereocenters. The van der Waals surface area contributed by atoms with Crippen LogP contribution in [0.4, 0.5) is 0 Å². The minimum absolute atomic E-state index is 0.594. The van der Waals surface area contributed by atoms with E-state index in [2.05, 4.69) is 86.8 Å². The molecule has 1 atom stereocenters. The molecule has 0 radical (unpaired) electrons. The first-order valence-corrected chi connectivity index (χ1v) is 11.3. The van der Waals surface area contributed by atoms with Crippen LogP contribution in [0.25, 0.3) is 11.1 Å². The highest BCUT2D eigenvalue weighted by atomic mass is 28.3. The first kappa shape index (κ1) is 13.8. The van der Waals surface area contributed by atoms with Gasteiger partial charge in [-0.25, -0.2) is 0 Å². The number of fused-ring (bicyclic) bond motifs is 3. The fourth-order valence-corrected chi connectivity index (χ4v) is 8.06. The van der Waals surface area contributed by atoms with E-state index in [1.165, 1.54) is 16.7 Å². The SMILES string of the molecule is Cc1cccc2c1-c1ccccc1C2[Si](C)(C)C1C=CC=C1. The smallest absolute Gasteiger partial charge is 0.0715 e. The lowest BCUT2D eigenvalue weighted by Gasteiger charge is -2.35. The topological polar surface area (TPSA) is 0 Å². The first-order chi connectivity index (χ1) is 10.6. The highest BCUT2D eigenvalue weighted by Gasteiger charge is 2.44. The van der Waals surface area contributed by atoms with Crippen molar-refractivity contribution in [3.8, 4) is 11.1 Å². The zero-order valence-electron chi connectivity index (χ0n) is 13.5. The van der Waals surface area contributed by atoms with Gasteiger partial charge in [0.15, 0.2) is 0 Å². The van der Waals surface area contributed by atoms with E-state index in [4.69, 9.17) is 0 Å². The number of rotatable bonds is 2. The Morgan fingerprint density at radius 3 is 2.27 bits per heavy atom. The molecule has 0 aromatic heterocycles. The Morgan fingerprint density at radius 1 is 0.818 bits per heavy atom. The summed E-state index contributed by atoms with van der Waals surface area (Å²) in [7, 11) is -1.54. The third-order valence-corrected chi connectivity index (χ3v) is 9.72. The second-order valence-corrected chi connectivity index (χ2v) is 12.1. The highest BCUT2D eigenvalue weighted by molar-refractivity contribution is 6.82. The number of aryl methyl sites for hydroxylation is 1. The normalized spacial score (nSPS) is 19.5. The summed E-state index contributed by atoms with van der Waals surface area (Å²) in [6, 6.07) is 15.9. The van der Waals surface area contributed by atoms with E-state index < -0.39 is 8.07 Å². The molecule has 2 aliphatic rings. The van der Waals surface area contributed by atoms with E-state index in [-0.39, 0.29) is 0 Å². The molecule has 2 aliphatic carbocycles. The lowest BCUT2D eigenvalue weighted by Crippen LogP contribution is -2.38. The third-order valence-electron chi connectivity index (χ3n) is 5.51. The van der Waals surface area contributed by atoms with Crippen molar-refractivity contribution in [3.05, 3.63) is 83.5 Å². The summed E-state index contributed by atoms with van der Waals surface area (Å²) in [4.78, 5) is 0. The van der Waals surface area contributed by atoms with Crippen LogP contribution in [0.3, 0.4) is 0 Å². The molecule has 0 spiro atoms. The van der Waals surface area contributed by atoms with E-state index in [0.29, 0.717) is 11.1 Å². The van der Waals surface area contributed by atoms with E-state index in [9.17, 15) is 0 Å². The monoisotopic (exact) mass is 302 g/mol. The van der Waals surface area contributed by atoms with E-state index in [1.54, 1.807) is 11.1 Å². The molecule has 0 saturated heterocycles. The van der Waals surface area contributed by atoms with Crippen LogP contribution in [-0.4, -0.2) is 8.07 Å². The molecular formula is C21H22Si. The number of benzene rings is 2. The Morgan fingerprint density at radius 2 is 1.50 bits per heavy atom. The Hall–Kier alpha value is -1.86. The van der Waals surface area contributed by atoms with Crippen molar-refractivity contribution >= 4 is 8.07 Å². The first-order valence-electron chi connectivity index (χ1n) is 8.14. The van der Waals surface area contributed by atoms with Crippen LogP contribution in [0.5, 0.6) is 0 Å². The molecule has 0 bridgehead atoms. The predicted octanol–water partition coefficient (Wildman–Crippen LogP) is 5.85. The Labute approximate surface area is 134 Å². The van der Waals surface area contributed by atoms with Crippen molar-refractivity contribution in [1.29, 1.82) is 0 Å². The van der Waals surface area contributed by atoms with Gasteiger partial charge in [-0.3, -0.25) is 0 Å². The van der Waals surface area contributed by atoms with Gasteiger partial charge in [0, 0.05) is 5.54 Å². The molecule has 1 heteroatoms. The minimum atomic E-state index is -1.54. The maximum absolute atomic E-state index is 2.55. The van der Waals surface area contributed by atoms with E-state index in [1.807, 2.05) is 0 Å². The zero-order valence-corrected chi connectivity index (χ0v) is 14.5. The van der Waals surface area contributed by atoms with Crippen molar-refractivity contribution in [2.24, 2.45) is 0 Å². The molecule has 0 amide bonds. The van der Waals surface area contributed by atoms with Gasteiger partial charge in [0.2, 0.25) is 0 Å². The molecule has 0 nitrogen and oxygen atoms in total. The average molecular weight is 302 g/mol. The Bertz CT molecular complexity index is 783. The summed E-state index contributed by atoms with van der Waals surface area (Å²) in [5.74, 6) is 0. The van der Waals surface area contributed by atoms with Gasteiger partial charge < -0.3 is 0 Å². The van der Waals surface area contributed by atoms with E-state index >= 15 is 0 Å². The minimum Gasteiger partial charge on any atom is -0.0803 e. The van der Waals surface area contributed by atoms with Crippen LogP contribution < -0.4 is 0 Å². The van der Waals surface area contributed by atoms with Crippen LogP contribution in [0.15, 0.2) is 66.8 Å². The van der Waals surface area contributed by atoms with Crippen molar-refractivity contribution in [2.75, 3.05) is 0 Å². The van der Waals surface area contributed by atoms with Gasteiger partial charge >= 0.3 is 0 Å².